The van der Waals surface area contributed by atoms with Crippen LogP contribution in [0, 0.1) is 20.2 Å². The smallest absolute Gasteiger partial charge is 0.335 e. The molecule has 0 amide bonds. The van der Waals surface area contributed by atoms with E-state index in [2.05, 4.69) is 0 Å². The summed E-state index contributed by atoms with van der Waals surface area (Å²) in [5, 5.41) is 30.6. The number of carbonyl (C=O) groups is 1. The van der Waals surface area contributed by atoms with Gasteiger partial charge in [-0.25, -0.2) is 13.2 Å². The summed E-state index contributed by atoms with van der Waals surface area (Å²) < 4.78 is 26.6. The number of benzene rings is 2. The van der Waals surface area contributed by atoms with Crippen LogP contribution in [0.5, 0.6) is 0 Å². The summed E-state index contributed by atoms with van der Waals surface area (Å²) >= 11 is 0. The van der Waals surface area contributed by atoms with Gasteiger partial charge in [-0.3, -0.25) is 25.0 Å². The Bertz CT molecular complexity index is 987. The first kappa shape index (κ1) is 17.8. The molecule has 11 nitrogen and oxygen atoms in total. The van der Waals surface area contributed by atoms with E-state index in [0.717, 1.165) is 24.3 Å². The third-order valence-corrected chi connectivity index (χ3v) is 4.39. The zero-order valence-corrected chi connectivity index (χ0v) is 13.0. The third kappa shape index (κ3) is 3.87. The van der Waals surface area contributed by atoms with Gasteiger partial charge >= 0.3 is 5.97 Å². The van der Waals surface area contributed by atoms with Gasteiger partial charge in [-0.05, 0) is 24.3 Å². The quantitative estimate of drug-likeness (QED) is 0.576. The number of hydrogen-bond acceptors (Lipinski definition) is 7. The Morgan fingerprint density at radius 1 is 1.04 bits per heavy atom. The molecule has 0 aliphatic carbocycles. The Morgan fingerprint density at radius 2 is 1.72 bits per heavy atom. The molecule has 0 radical (unpaired) electrons. The van der Waals surface area contributed by atoms with Crippen LogP contribution in [-0.4, -0.2) is 29.3 Å². The fourth-order valence-electron chi connectivity index (χ4n) is 1.87. The first-order valence-electron chi connectivity index (χ1n) is 6.41. The lowest BCUT2D eigenvalue weighted by molar-refractivity contribution is -0.393. The summed E-state index contributed by atoms with van der Waals surface area (Å²) in [7, 11) is -4.35. The number of sulfonamides is 1. The molecule has 0 atom stereocenters. The Labute approximate surface area is 139 Å². The van der Waals surface area contributed by atoms with Crippen LogP contribution in [0.25, 0.3) is 0 Å². The van der Waals surface area contributed by atoms with Crippen molar-refractivity contribution < 1.29 is 28.2 Å². The minimum atomic E-state index is -4.35. The monoisotopic (exact) mass is 367 g/mol. The SMILES string of the molecule is O=C(O)c1cccc(S(=O)(=O)Nc2ccc([N+](=O)[O-])cc2[N+](=O)[O-])c1. The first-order valence-corrected chi connectivity index (χ1v) is 7.89. The first-order chi connectivity index (χ1) is 11.6. The standard InChI is InChI=1S/C13H9N3O8S/c17-13(18)8-2-1-3-10(6-8)25(23,24)14-11-5-4-9(15(19)20)7-12(11)16(21)22/h1-7,14H,(H,17,18). The zero-order valence-electron chi connectivity index (χ0n) is 12.1. The molecule has 0 saturated carbocycles. The van der Waals surface area contributed by atoms with Crippen LogP contribution in [0.4, 0.5) is 17.1 Å². The topological polar surface area (TPSA) is 170 Å². The van der Waals surface area contributed by atoms with Crippen LogP contribution >= 0.6 is 0 Å². The van der Waals surface area contributed by atoms with E-state index >= 15 is 0 Å². The summed E-state index contributed by atoms with van der Waals surface area (Å²) in [6.45, 7) is 0. The molecule has 2 rings (SSSR count). The van der Waals surface area contributed by atoms with Gasteiger partial charge in [0.2, 0.25) is 0 Å². The lowest BCUT2D eigenvalue weighted by Gasteiger charge is -2.09. The van der Waals surface area contributed by atoms with Crippen LogP contribution in [0.15, 0.2) is 47.4 Å². The summed E-state index contributed by atoms with van der Waals surface area (Å²) in [4.78, 5) is 30.4. The molecule has 2 N–H and O–H groups in total. The van der Waals surface area contributed by atoms with E-state index in [-0.39, 0.29) is 5.56 Å². The molecule has 0 heterocycles. The highest BCUT2D eigenvalue weighted by Crippen LogP contribution is 2.30. The average Bonchev–Trinajstić information content (AvgIpc) is 2.54. The summed E-state index contributed by atoms with van der Waals surface area (Å²) in [5.74, 6) is -1.35. The normalized spacial score (nSPS) is 10.9. The van der Waals surface area contributed by atoms with Gasteiger partial charge in [0.05, 0.1) is 26.4 Å². The largest absolute Gasteiger partial charge is 0.478 e. The molecule has 12 heteroatoms. The zero-order chi connectivity index (χ0) is 18.8. The number of carboxylic acids is 1. The predicted molar refractivity (Wildman–Crippen MR) is 84.0 cm³/mol. The number of nitro benzene ring substituents is 2. The van der Waals surface area contributed by atoms with Crippen LogP contribution in [0.3, 0.4) is 0 Å². The number of hydrogen-bond donors (Lipinski definition) is 2. The van der Waals surface area contributed by atoms with Gasteiger partial charge in [-0.2, -0.15) is 0 Å². The average molecular weight is 367 g/mol. The lowest BCUT2D eigenvalue weighted by Crippen LogP contribution is -2.15. The van der Waals surface area contributed by atoms with Crippen molar-refractivity contribution in [3.63, 3.8) is 0 Å². The summed E-state index contributed by atoms with van der Waals surface area (Å²) in [6, 6.07) is 6.75. The molecule has 0 spiro atoms. The second-order valence-electron chi connectivity index (χ2n) is 4.65. The van der Waals surface area contributed by atoms with E-state index < -0.39 is 47.8 Å². The Hall–Kier alpha value is -3.54. The number of nitrogens with zero attached hydrogens (tertiary/aromatic N) is 2. The van der Waals surface area contributed by atoms with Gasteiger partial charge < -0.3 is 5.11 Å². The highest BCUT2D eigenvalue weighted by Gasteiger charge is 2.24. The summed E-state index contributed by atoms with van der Waals surface area (Å²) in [5.41, 5.74) is -2.17. The van der Waals surface area contributed by atoms with E-state index in [1.54, 1.807) is 0 Å². The van der Waals surface area contributed by atoms with Crippen molar-refractivity contribution in [3.8, 4) is 0 Å². The number of aromatic carboxylic acids is 1. The molecule has 130 valence electrons. The van der Waals surface area contributed by atoms with E-state index in [9.17, 15) is 33.4 Å². The van der Waals surface area contributed by atoms with Crippen LogP contribution < -0.4 is 4.72 Å². The summed E-state index contributed by atoms with van der Waals surface area (Å²) in [6.07, 6.45) is 0. The Morgan fingerprint density at radius 3 is 2.28 bits per heavy atom. The van der Waals surface area contributed by atoms with Crippen molar-refractivity contribution in [1.82, 2.24) is 0 Å². The van der Waals surface area contributed by atoms with Gasteiger partial charge in [-0.1, -0.05) is 6.07 Å². The lowest BCUT2D eigenvalue weighted by atomic mass is 10.2. The van der Waals surface area contributed by atoms with Crippen LogP contribution in [0.2, 0.25) is 0 Å². The Balaban J connectivity index is 2.47. The minimum Gasteiger partial charge on any atom is -0.478 e. The minimum absolute atomic E-state index is 0.291. The number of nitrogens with one attached hydrogen (secondary N) is 1. The molecule has 0 saturated heterocycles. The molecule has 25 heavy (non-hydrogen) atoms. The molecule has 0 unspecified atom stereocenters. The maximum atomic E-state index is 12.3. The third-order valence-electron chi connectivity index (χ3n) is 3.02. The van der Waals surface area contributed by atoms with E-state index in [0.29, 0.717) is 6.07 Å². The van der Waals surface area contributed by atoms with Crippen LogP contribution in [0.1, 0.15) is 10.4 Å². The van der Waals surface area contributed by atoms with E-state index in [1.807, 2.05) is 4.72 Å². The van der Waals surface area contributed by atoms with Crippen LogP contribution in [-0.2, 0) is 10.0 Å². The molecule has 0 aliphatic rings. The second-order valence-corrected chi connectivity index (χ2v) is 6.34. The molecule has 0 bridgehead atoms. The van der Waals surface area contributed by atoms with Crippen molar-refractivity contribution in [1.29, 1.82) is 0 Å². The van der Waals surface area contributed by atoms with Crippen molar-refractivity contribution in [2.45, 2.75) is 4.90 Å². The number of carboxylic acid groups (broad SMARTS) is 1. The molecule has 2 aromatic carbocycles. The molecule has 0 aliphatic heterocycles. The van der Waals surface area contributed by atoms with Gasteiger partial charge in [0.15, 0.2) is 0 Å². The molecular formula is C13H9N3O8S. The van der Waals surface area contributed by atoms with Gasteiger partial charge in [-0.15, -0.1) is 0 Å². The van der Waals surface area contributed by atoms with Gasteiger partial charge in [0, 0.05) is 6.07 Å². The van der Waals surface area contributed by atoms with Crippen molar-refractivity contribution in [2.24, 2.45) is 0 Å². The molecular weight excluding hydrogens is 358 g/mol. The van der Waals surface area contributed by atoms with Crippen molar-refractivity contribution in [2.75, 3.05) is 4.72 Å². The molecule has 0 aromatic heterocycles. The van der Waals surface area contributed by atoms with Crippen molar-refractivity contribution >= 4 is 33.1 Å². The fourth-order valence-corrected chi connectivity index (χ4v) is 2.99. The van der Waals surface area contributed by atoms with E-state index in [4.69, 9.17) is 5.11 Å². The predicted octanol–water partition coefficient (Wildman–Crippen LogP) is 2.00. The van der Waals surface area contributed by atoms with Gasteiger partial charge in [0.25, 0.3) is 21.4 Å². The van der Waals surface area contributed by atoms with E-state index in [1.165, 1.54) is 12.1 Å². The number of non-ortho nitro benzene ring substituents is 1. The second kappa shape index (κ2) is 6.52. The highest BCUT2D eigenvalue weighted by molar-refractivity contribution is 7.92. The number of anilines is 1. The maximum absolute atomic E-state index is 12.3. The fraction of sp³-hybridized carbons (Fsp3) is 0. The number of rotatable bonds is 6. The molecule has 2 aromatic rings. The van der Waals surface area contributed by atoms with Gasteiger partial charge in [0.1, 0.15) is 5.69 Å². The number of nitro groups is 2. The highest BCUT2D eigenvalue weighted by atomic mass is 32.2. The maximum Gasteiger partial charge on any atom is 0.335 e. The van der Waals surface area contributed by atoms with Crippen molar-refractivity contribution in [3.05, 3.63) is 68.3 Å². The molecule has 0 fully saturated rings. The Kier molecular flexibility index (Phi) is 4.65.